The molecular formula is C12H22AcO3. The molecule has 5 atom stereocenters. The Morgan fingerprint density at radius 2 is 2.06 bits per heavy atom. The van der Waals surface area contributed by atoms with Crippen LogP contribution in [0.4, 0.5) is 0 Å². The minimum atomic E-state index is -0.539. The molecule has 1 N–H and O–H groups in total. The van der Waals surface area contributed by atoms with Gasteiger partial charge in [0.1, 0.15) is 6.10 Å². The number of rotatable bonds is 4. The molecule has 1 fully saturated rings. The molecule has 0 aliphatic carbocycles. The van der Waals surface area contributed by atoms with Crippen molar-refractivity contribution < 1.29 is 58.6 Å². The van der Waals surface area contributed by atoms with E-state index in [1.165, 1.54) is 0 Å². The summed E-state index contributed by atoms with van der Waals surface area (Å²) >= 11 is 0. The van der Waals surface area contributed by atoms with Gasteiger partial charge in [-0.2, -0.15) is 0 Å². The van der Waals surface area contributed by atoms with Crippen LogP contribution >= 0.6 is 0 Å². The van der Waals surface area contributed by atoms with Crippen LogP contribution in [0.15, 0.2) is 12.7 Å². The van der Waals surface area contributed by atoms with Gasteiger partial charge in [0.05, 0.1) is 24.9 Å². The van der Waals surface area contributed by atoms with Gasteiger partial charge in [-0.15, -0.1) is 6.58 Å². The first kappa shape index (κ1) is 17.1. The maximum Gasteiger partial charge on any atom is 0.106 e. The third-order valence-corrected chi connectivity index (χ3v) is 3.12. The van der Waals surface area contributed by atoms with Crippen LogP contribution in [0.1, 0.15) is 27.2 Å². The summed E-state index contributed by atoms with van der Waals surface area (Å²) in [5.41, 5.74) is 0. The van der Waals surface area contributed by atoms with Gasteiger partial charge in [0.2, 0.25) is 0 Å². The van der Waals surface area contributed by atoms with Crippen LogP contribution < -0.4 is 0 Å². The van der Waals surface area contributed by atoms with E-state index in [4.69, 9.17) is 9.47 Å². The van der Waals surface area contributed by atoms with E-state index in [2.05, 4.69) is 20.4 Å². The molecule has 1 radical (unpaired) electrons. The summed E-state index contributed by atoms with van der Waals surface area (Å²) in [6.45, 7) is 10.1. The molecule has 1 saturated heterocycles. The van der Waals surface area contributed by atoms with E-state index in [-0.39, 0.29) is 68.3 Å². The molecule has 0 amide bonds. The Labute approximate surface area is 134 Å². The molecule has 1 heterocycles. The summed E-state index contributed by atoms with van der Waals surface area (Å²) in [6, 6.07) is 0. The monoisotopic (exact) mass is 441 g/mol. The fourth-order valence-corrected chi connectivity index (χ4v) is 2.17. The zero-order chi connectivity index (χ0) is 11.4. The van der Waals surface area contributed by atoms with Crippen LogP contribution in [0.5, 0.6) is 0 Å². The van der Waals surface area contributed by atoms with Gasteiger partial charge in [0.25, 0.3) is 0 Å². The fraction of sp³-hybridized carbons (Fsp3) is 0.833. The summed E-state index contributed by atoms with van der Waals surface area (Å²) in [5.74, 6) is 0.223. The molecule has 1 aliphatic heterocycles. The number of aliphatic hydroxyl groups excluding tert-OH is 1. The SMILES string of the molecule is C=CCO[C@@H]1C(O)[C@H](C)OC(CC)[C@H]1C.[Ac]. The average molecular weight is 441 g/mol. The first-order valence-electron chi connectivity index (χ1n) is 5.67. The molecule has 3 nitrogen and oxygen atoms in total. The third-order valence-electron chi connectivity index (χ3n) is 3.12. The maximum absolute atomic E-state index is 9.96. The Kier molecular flexibility index (Phi) is 8.76. The van der Waals surface area contributed by atoms with Gasteiger partial charge in [-0.05, 0) is 13.3 Å². The van der Waals surface area contributed by atoms with E-state index < -0.39 is 6.10 Å². The van der Waals surface area contributed by atoms with Crippen molar-refractivity contribution in [2.45, 2.75) is 51.6 Å². The van der Waals surface area contributed by atoms with Crippen LogP contribution in [0.25, 0.3) is 0 Å². The molecular weight excluding hydrogens is 419 g/mol. The van der Waals surface area contributed by atoms with E-state index in [0.717, 1.165) is 6.42 Å². The molecule has 2 unspecified atom stereocenters. The Morgan fingerprint density at radius 1 is 1.44 bits per heavy atom. The van der Waals surface area contributed by atoms with Crippen LogP contribution in [0, 0.1) is 50.0 Å². The molecule has 0 aromatic heterocycles. The van der Waals surface area contributed by atoms with Crippen molar-refractivity contribution in [3.05, 3.63) is 12.7 Å². The van der Waals surface area contributed by atoms with E-state index in [9.17, 15) is 5.11 Å². The predicted molar refractivity (Wildman–Crippen MR) is 59.7 cm³/mol. The predicted octanol–water partition coefficient (Wildman–Crippen LogP) is 1.75. The maximum atomic E-state index is 9.96. The van der Waals surface area contributed by atoms with Crippen molar-refractivity contribution in [1.29, 1.82) is 0 Å². The zero-order valence-electron chi connectivity index (χ0n) is 10.4. The van der Waals surface area contributed by atoms with E-state index in [1.54, 1.807) is 6.08 Å². The molecule has 0 spiro atoms. The topological polar surface area (TPSA) is 38.7 Å². The van der Waals surface area contributed by atoms with Gasteiger partial charge < -0.3 is 14.6 Å². The fourth-order valence-electron chi connectivity index (χ4n) is 2.17. The molecule has 1 rings (SSSR count). The van der Waals surface area contributed by atoms with E-state index in [1.807, 2.05) is 6.92 Å². The van der Waals surface area contributed by atoms with Crippen LogP contribution in [-0.4, -0.2) is 36.1 Å². The summed E-state index contributed by atoms with van der Waals surface area (Å²) in [4.78, 5) is 0. The quantitative estimate of drug-likeness (QED) is 0.676. The van der Waals surface area contributed by atoms with Gasteiger partial charge in [-0.1, -0.05) is 19.9 Å². The molecule has 16 heavy (non-hydrogen) atoms. The summed E-state index contributed by atoms with van der Waals surface area (Å²) in [7, 11) is 0. The third kappa shape index (κ3) is 4.07. The van der Waals surface area contributed by atoms with Crippen LogP contribution in [0.2, 0.25) is 0 Å². The summed E-state index contributed by atoms with van der Waals surface area (Å²) in [6.07, 6.45) is 2.01. The molecule has 0 saturated carbocycles. The molecule has 4 heteroatoms. The Morgan fingerprint density at radius 3 is 2.56 bits per heavy atom. The van der Waals surface area contributed by atoms with Crippen molar-refractivity contribution in [2.24, 2.45) is 5.92 Å². The zero-order valence-corrected chi connectivity index (χ0v) is 15.2. The smallest absolute Gasteiger partial charge is 0.106 e. The van der Waals surface area contributed by atoms with Gasteiger partial charge in [-0.3, -0.25) is 0 Å². The minimum Gasteiger partial charge on any atom is -0.388 e. The first-order valence-corrected chi connectivity index (χ1v) is 5.67. The van der Waals surface area contributed by atoms with Crippen molar-refractivity contribution in [1.82, 2.24) is 0 Å². The van der Waals surface area contributed by atoms with E-state index in [0.29, 0.717) is 6.61 Å². The second kappa shape index (κ2) is 8.21. The Bertz CT molecular complexity index is 210. The van der Waals surface area contributed by atoms with Gasteiger partial charge in [0.15, 0.2) is 0 Å². The van der Waals surface area contributed by atoms with Gasteiger partial charge >= 0.3 is 0 Å². The Hall–Kier alpha value is 1.06. The standard InChI is InChI=1S/C12H22O3.Ac/c1-5-7-14-12-8(3)10(6-2)15-9(4)11(12)13;/h5,8-13H,1,6-7H2,2-4H3;/t8-,9+,10?,11?,12+;/m1./s1. The normalized spacial score (nSPS) is 38.9. The van der Waals surface area contributed by atoms with Crippen molar-refractivity contribution in [2.75, 3.05) is 6.61 Å². The number of aliphatic hydroxyl groups is 1. The summed E-state index contributed by atoms with van der Waals surface area (Å²) < 4.78 is 11.3. The Balaban J connectivity index is 0.00000225. The van der Waals surface area contributed by atoms with Gasteiger partial charge in [-0.25, -0.2) is 0 Å². The van der Waals surface area contributed by atoms with Crippen molar-refractivity contribution in [3.63, 3.8) is 0 Å². The molecule has 1 aliphatic rings. The van der Waals surface area contributed by atoms with Crippen LogP contribution in [0.3, 0.4) is 0 Å². The second-order valence-corrected chi connectivity index (χ2v) is 4.22. The van der Waals surface area contributed by atoms with Crippen molar-refractivity contribution in [3.8, 4) is 0 Å². The van der Waals surface area contributed by atoms with Gasteiger partial charge in [0, 0.05) is 50.0 Å². The number of hydrogen-bond acceptors (Lipinski definition) is 3. The number of ether oxygens (including phenoxy) is 2. The molecule has 0 aromatic carbocycles. The summed E-state index contributed by atoms with van der Waals surface area (Å²) in [5, 5.41) is 9.96. The van der Waals surface area contributed by atoms with Crippen molar-refractivity contribution >= 4 is 0 Å². The molecule has 0 bridgehead atoms. The second-order valence-electron chi connectivity index (χ2n) is 4.22. The first-order chi connectivity index (χ1) is 7.11. The largest absolute Gasteiger partial charge is 0.388 e. The molecule has 0 aromatic rings. The molecule has 91 valence electrons. The average Bonchev–Trinajstić information content (AvgIpc) is 2.23. The van der Waals surface area contributed by atoms with E-state index >= 15 is 0 Å². The van der Waals surface area contributed by atoms with Crippen LogP contribution in [-0.2, 0) is 9.47 Å². The minimum absolute atomic E-state index is 0. The number of hydrogen-bond donors (Lipinski definition) is 1.